The molecule has 1 unspecified atom stereocenters. The van der Waals surface area contributed by atoms with Gasteiger partial charge in [0.2, 0.25) is 0 Å². The van der Waals surface area contributed by atoms with Crippen LogP contribution in [0.25, 0.3) is 0 Å². The maximum atomic E-state index is 5.77. The molecule has 0 aliphatic heterocycles. The molecular weight excluding hydrogens is 301 g/mol. The Morgan fingerprint density at radius 3 is 2.87 bits per heavy atom. The Labute approximate surface area is 105 Å². The Balaban J connectivity index is 2.82. The summed E-state index contributed by atoms with van der Waals surface area (Å²) < 4.78 is 5.41. The van der Waals surface area contributed by atoms with Gasteiger partial charge in [-0.15, -0.1) is 6.58 Å². The largest absolute Gasteiger partial charge is 0.399 e. The van der Waals surface area contributed by atoms with E-state index < -0.39 is 0 Å². The Kier molecular flexibility index (Phi) is 5.11. The lowest BCUT2D eigenvalue weighted by molar-refractivity contribution is 0.276. The molecule has 1 aromatic rings. The van der Waals surface area contributed by atoms with Crippen molar-refractivity contribution < 1.29 is 3.07 Å². The monoisotopic (exact) mass is 317 g/mol. The minimum atomic E-state index is 0.128. The van der Waals surface area contributed by atoms with Gasteiger partial charge in [0, 0.05) is 5.69 Å². The van der Waals surface area contributed by atoms with Crippen LogP contribution in [-0.2, 0) is 3.07 Å². The average Bonchev–Trinajstić information content (AvgIpc) is 2.24. The van der Waals surface area contributed by atoms with Crippen molar-refractivity contribution in [3.8, 4) is 0 Å². The third kappa shape index (κ3) is 3.50. The van der Waals surface area contributed by atoms with E-state index >= 15 is 0 Å². The Morgan fingerprint density at radius 1 is 1.60 bits per heavy atom. The van der Waals surface area contributed by atoms with Gasteiger partial charge in [-0.3, -0.25) is 0 Å². The van der Waals surface area contributed by atoms with Crippen molar-refractivity contribution in [3.63, 3.8) is 0 Å². The van der Waals surface area contributed by atoms with Crippen LogP contribution in [0.3, 0.4) is 0 Å². The number of halogens is 1. The first kappa shape index (κ1) is 12.5. The van der Waals surface area contributed by atoms with E-state index in [4.69, 9.17) is 8.80 Å². The van der Waals surface area contributed by atoms with Gasteiger partial charge in [-0.1, -0.05) is 18.2 Å². The fourth-order valence-electron chi connectivity index (χ4n) is 1.43. The van der Waals surface area contributed by atoms with Gasteiger partial charge in [0.15, 0.2) is 0 Å². The van der Waals surface area contributed by atoms with Gasteiger partial charge in [-0.2, -0.15) is 0 Å². The van der Waals surface area contributed by atoms with Crippen LogP contribution in [0.15, 0.2) is 30.9 Å². The highest BCUT2D eigenvalue weighted by molar-refractivity contribution is 14.1. The van der Waals surface area contributed by atoms with Gasteiger partial charge in [-0.25, -0.2) is 0 Å². The molecular formula is C12H16INO. The summed E-state index contributed by atoms with van der Waals surface area (Å²) in [7, 11) is 0. The van der Waals surface area contributed by atoms with Crippen LogP contribution in [0.2, 0.25) is 0 Å². The molecule has 3 heteroatoms. The minimum absolute atomic E-state index is 0.128. The molecule has 1 aromatic carbocycles. The van der Waals surface area contributed by atoms with Gasteiger partial charge >= 0.3 is 0 Å². The maximum absolute atomic E-state index is 5.77. The van der Waals surface area contributed by atoms with E-state index in [2.05, 4.69) is 12.6 Å². The number of hydrogen-bond acceptors (Lipinski definition) is 2. The van der Waals surface area contributed by atoms with Crippen LogP contribution in [0, 0.1) is 6.92 Å². The van der Waals surface area contributed by atoms with E-state index in [9.17, 15) is 0 Å². The van der Waals surface area contributed by atoms with Crippen molar-refractivity contribution in [3.05, 3.63) is 42.0 Å². The summed E-state index contributed by atoms with van der Waals surface area (Å²) in [6.07, 6.45) is 3.95. The topological polar surface area (TPSA) is 35.2 Å². The molecule has 0 saturated heterocycles. The first-order valence-electron chi connectivity index (χ1n) is 4.93. The molecule has 0 bridgehead atoms. The number of hydrogen-bond donors (Lipinski definition) is 1. The van der Waals surface area contributed by atoms with Gasteiger partial charge in [0.1, 0.15) is 23.0 Å². The standard InChI is InChI=1S/C12H16INO/c1-3-4-5-12(15-13)10-6-7-11(14)9(2)8-10/h3,6-8,12H,1,4-5,14H2,2H3. The lowest BCUT2D eigenvalue weighted by atomic mass is 10.0. The Hall–Kier alpha value is -0.550. The first-order valence-corrected chi connectivity index (χ1v) is 5.81. The quantitative estimate of drug-likeness (QED) is 0.507. The van der Waals surface area contributed by atoms with Crippen molar-refractivity contribution in [2.75, 3.05) is 5.73 Å². The SMILES string of the molecule is C=CCCC(OI)c1ccc(N)c(C)c1. The number of nitrogens with two attached hydrogens (primary N) is 1. The molecule has 0 fully saturated rings. The molecule has 0 aliphatic rings. The number of anilines is 1. The van der Waals surface area contributed by atoms with E-state index in [1.54, 1.807) is 0 Å². The summed E-state index contributed by atoms with van der Waals surface area (Å²) in [6, 6.07) is 6.04. The number of benzene rings is 1. The number of nitrogen functional groups attached to an aromatic ring is 1. The van der Waals surface area contributed by atoms with Gasteiger partial charge in [0.05, 0.1) is 6.10 Å². The van der Waals surface area contributed by atoms with Crippen LogP contribution in [0.5, 0.6) is 0 Å². The predicted octanol–water partition coefficient (Wildman–Crippen LogP) is 3.95. The molecule has 15 heavy (non-hydrogen) atoms. The number of rotatable bonds is 5. The second-order valence-electron chi connectivity index (χ2n) is 3.56. The second-order valence-corrected chi connectivity index (χ2v) is 4.07. The zero-order chi connectivity index (χ0) is 11.3. The van der Waals surface area contributed by atoms with E-state index in [1.807, 2.05) is 48.1 Å². The molecule has 1 rings (SSSR count). The molecule has 1 atom stereocenters. The summed E-state index contributed by atoms with van der Waals surface area (Å²) >= 11 is 1.95. The first-order chi connectivity index (χ1) is 7.19. The molecule has 0 heterocycles. The third-order valence-corrected chi connectivity index (χ3v) is 3.02. The van der Waals surface area contributed by atoms with E-state index in [0.717, 1.165) is 24.1 Å². The van der Waals surface area contributed by atoms with E-state index in [1.165, 1.54) is 5.56 Å². The predicted molar refractivity (Wildman–Crippen MR) is 72.9 cm³/mol. The van der Waals surface area contributed by atoms with Crippen molar-refractivity contribution in [1.29, 1.82) is 0 Å². The molecule has 0 radical (unpaired) electrons. The molecule has 2 nitrogen and oxygen atoms in total. The molecule has 0 spiro atoms. The summed E-state index contributed by atoms with van der Waals surface area (Å²) in [5, 5.41) is 0. The highest BCUT2D eigenvalue weighted by Gasteiger charge is 2.10. The molecule has 0 aliphatic carbocycles. The number of allylic oxidation sites excluding steroid dienone is 1. The average molecular weight is 317 g/mol. The molecule has 2 N–H and O–H groups in total. The van der Waals surface area contributed by atoms with Crippen molar-refractivity contribution in [2.24, 2.45) is 0 Å². The van der Waals surface area contributed by atoms with E-state index in [-0.39, 0.29) is 6.10 Å². The summed E-state index contributed by atoms with van der Waals surface area (Å²) in [6.45, 7) is 5.72. The summed E-state index contributed by atoms with van der Waals surface area (Å²) in [5.74, 6) is 0. The Morgan fingerprint density at radius 2 is 2.33 bits per heavy atom. The highest BCUT2D eigenvalue weighted by Crippen LogP contribution is 2.27. The summed E-state index contributed by atoms with van der Waals surface area (Å²) in [5.41, 5.74) is 8.88. The van der Waals surface area contributed by atoms with Crippen LogP contribution >= 0.6 is 23.0 Å². The second kappa shape index (κ2) is 6.12. The maximum Gasteiger partial charge on any atom is 0.110 e. The third-order valence-electron chi connectivity index (χ3n) is 2.41. The van der Waals surface area contributed by atoms with Gasteiger partial charge < -0.3 is 8.80 Å². The van der Waals surface area contributed by atoms with Crippen LogP contribution in [0.4, 0.5) is 5.69 Å². The summed E-state index contributed by atoms with van der Waals surface area (Å²) in [4.78, 5) is 0. The van der Waals surface area contributed by atoms with Crippen molar-refractivity contribution in [2.45, 2.75) is 25.9 Å². The Bertz CT molecular complexity index is 338. The zero-order valence-corrected chi connectivity index (χ0v) is 11.0. The molecule has 0 amide bonds. The lowest BCUT2D eigenvalue weighted by Gasteiger charge is -2.14. The fourth-order valence-corrected chi connectivity index (χ4v) is 1.98. The van der Waals surface area contributed by atoms with Gasteiger partial charge in [0.25, 0.3) is 0 Å². The molecule has 82 valence electrons. The van der Waals surface area contributed by atoms with E-state index in [0.29, 0.717) is 0 Å². The zero-order valence-electron chi connectivity index (χ0n) is 8.87. The molecule has 0 aromatic heterocycles. The van der Waals surface area contributed by atoms with Gasteiger partial charge in [-0.05, 0) is 37.0 Å². The smallest absolute Gasteiger partial charge is 0.110 e. The van der Waals surface area contributed by atoms with Crippen molar-refractivity contribution in [1.82, 2.24) is 0 Å². The lowest BCUT2D eigenvalue weighted by Crippen LogP contribution is -2.00. The van der Waals surface area contributed by atoms with Crippen LogP contribution in [-0.4, -0.2) is 0 Å². The minimum Gasteiger partial charge on any atom is -0.399 e. The molecule has 0 saturated carbocycles. The van der Waals surface area contributed by atoms with Crippen LogP contribution in [0.1, 0.15) is 30.1 Å². The number of aryl methyl sites for hydroxylation is 1. The normalized spacial score (nSPS) is 12.4. The highest BCUT2D eigenvalue weighted by atomic mass is 127. The van der Waals surface area contributed by atoms with Crippen molar-refractivity contribution >= 4 is 28.7 Å². The van der Waals surface area contributed by atoms with Crippen LogP contribution < -0.4 is 5.73 Å². The fraction of sp³-hybridized carbons (Fsp3) is 0.333.